The van der Waals surface area contributed by atoms with Crippen LogP contribution in [0.2, 0.25) is 4.34 Å². The second-order valence-corrected chi connectivity index (χ2v) is 6.23. The van der Waals surface area contributed by atoms with Gasteiger partial charge in [-0.3, -0.25) is 0 Å². The van der Waals surface area contributed by atoms with Crippen LogP contribution in [0, 0.1) is 0 Å². The molecule has 2 aromatic rings. The summed E-state index contributed by atoms with van der Waals surface area (Å²) in [6.07, 6.45) is 1.89. The average Bonchev–Trinajstić information content (AvgIpc) is 2.83. The minimum atomic E-state index is -0.143. The Morgan fingerprint density at radius 3 is 2.72 bits per heavy atom. The van der Waals surface area contributed by atoms with E-state index in [1.54, 1.807) is 11.8 Å². The minimum Gasteiger partial charge on any atom is -0.482 e. The molecule has 0 spiro atoms. The van der Waals surface area contributed by atoms with Crippen molar-refractivity contribution in [2.75, 3.05) is 12.8 Å². The lowest BCUT2D eigenvalue weighted by atomic mass is 10.3. The summed E-state index contributed by atoms with van der Waals surface area (Å²) in [6, 6.07) is 11.8. The van der Waals surface area contributed by atoms with Crippen LogP contribution in [0.1, 0.15) is 11.0 Å². The van der Waals surface area contributed by atoms with Gasteiger partial charge in [0.2, 0.25) is 0 Å². The van der Waals surface area contributed by atoms with Crippen LogP contribution in [0.5, 0.6) is 5.75 Å². The molecule has 0 bridgehead atoms. The number of nitrogens with two attached hydrogens (primary N) is 1. The van der Waals surface area contributed by atoms with Gasteiger partial charge in [0, 0.05) is 16.3 Å². The van der Waals surface area contributed by atoms with Crippen molar-refractivity contribution >= 4 is 34.7 Å². The van der Waals surface area contributed by atoms with Crippen LogP contribution in [-0.4, -0.2) is 12.8 Å². The Bertz CT molecular complexity index is 515. The molecule has 0 fully saturated rings. The molecule has 0 aliphatic rings. The summed E-state index contributed by atoms with van der Waals surface area (Å²) in [5.41, 5.74) is 5.79. The molecule has 0 saturated heterocycles. The number of benzene rings is 1. The standard InChI is InChI=1S/C13H14ClNOS2/c1-17-11-5-3-2-4-9(11)16-10(8-15)12-6-7-13(14)18-12/h2-7,10H,8,15H2,1H3. The highest BCUT2D eigenvalue weighted by Crippen LogP contribution is 2.33. The van der Waals surface area contributed by atoms with Gasteiger partial charge in [0.15, 0.2) is 0 Å². The van der Waals surface area contributed by atoms with E-state index in [1.807, 2.05) is 42.7 Å². The summed E-state index contributed by atoms with van der Waals surface area (Å²) in [6.45, 7) is 0.430. The van der Waals surface area contributed by atoms with Crippen LogP contribution in [0.3, 0.4) is 0 Å². The molecule has 96 valence electrons. The lowest BCUT2D eigenvalue weighted by molar-refractivity contribution is 0.212. The van der Waals surface area contributed by atoms with Crippen molar-refractivity contribution in [3.8, 4) is 5.75 Å². The smallest absolute Gasteiger partial charge is 0.145 e. The second-order valence-electron chi connectivity index (χ2n) is 3.63. The van der Waals surface area contributed by atoms with Gasteiger partial charge >= 0.3 is 0 Å². The van der Waals surface area contributed by atoms with Gasteiger partial charge in [0.05, 0.1) is 4.34 Å². The molecular formula is C13H14ClNOS2. The van der Waals surface area contributed by atoms with E-state index in [9.17, 15) is 0 Å². The Kier molecular flexibility index (Phi) is 4.95. The first-order valence-electron chi connectivity index (χ1n) is 5.49. The third-order valence-electron chi connectivity index (χ3n) is 2.46. The first-order valence-corrected chi connectivity index (χ1v) is 7.91. The number of thioether (sulfide) groups is 1. The number of hydrogen-bond donors (Lipinski definition) is 1. The summed E-state index contributed by atoms with van der Waals surface area (Å²) in [5, 5.41) is 0. The molecule has 0 aliphatic heterocycles. The summed E-state index contributed by atoms with van der Waals surface area (Å²) < 4.78 is 6.75. The molecule has 18 heavy (non-hydrogen) atoms. The van der Waals surface area contributed by atoms with E-state index in [2.05, 4.69) is 0 Å². The molecular weight excluding hydrogens is 286 g/mol. The number of thiophene rings is 1. The van der Waals surface area contributed by atoms with E-state index < -0.39 is 0 Å². The molecule has 5 heteroatoms. The van der Waals surface area contributed by atoms with Crippen molar-refractivity contribution in [3.63, 3.8) is 0 Å². The second kappa shape index (κ2) is 6.48. The van der Waals surface area contributed by atoms with E-state index in [4.69, 9.17) is 22.1 Å². The van der Waals surface area contributed by atoms with Gasteiger partial charge in [0.1, 0.15) is 11.9 Å². The first-order chi connectivity index (χ1) is 8.74. The molecule has 2 rings (SSSR count). The maximum atomic E-state index is 5.99. The Morgan fingerprint density at radius 1 is 1.33 bits per heavy atom. The SMILES string of the molecule is CSc1ccccc1OC(CN)c1ccc(Cl)s1. The van der Waals surface area contributed by atoms with Crippen molar-refractivity contribution in [2.45, 2.75) is 11.0 Å². The van der Waals surface area contributed by atoms with Crippen molar-refractivity contribution in [2.24, 2.45) is 5.73 Å². The number of ether oxygens (including phenoxy) is 1. The van der Waals surface area contributed by atoms with Crippen LogP contribution in [0.25, 0.3) is 0 Å². The lowest BCUT2D eigenvalue weighted by Gasteiger charge is -2.17. The number of para-hydroxylation sites is 1. The van der Waals surface area contributed by atoms with Crippen molar-refractivity contribution in [1.82, 2.24) is 0 Å². The normalized spacial score (nSPS) is 12.4. The number of halogens is 1. The summed E-state index contributed by atoms with van der Waals surface area (Å²) in [7, 11) is 0. The highest BCUT2D eigenvalue weighted by atomic mass is 35.5. The zero-order chi connectivity index (χ0) is 13.0. The number of rotatable bonds is 5. The Morgan fingerprint density at radius 2 is 2.11 bits per heavy atom. The highest BCUT2D eigenvalue weighted by Gasteiger charge is 2.15. The zero-order valence-corrected chi connectivity index (χ0v) is 12.3. The molecule has 0 radical (unpaired) electrons. The fraction of sp³-hybridized carbons (Fsp3) is 0.231. The maximum absolute atomic E-state index is 5.99. The van der Waals surface area contributed by atoms with Crippen LogP contribution < -0.4 is 10.5 Å². The third kappa shape index (κ3) is 3.20. The van der Waals surface area contributed by atoms with Crippen LogP contribution >= 0.6 is 34.7 Å². The van der Waals surface area contributed by atoms with E-state index in [0.717, 1.165) is 19.9 Å². The lowest BCUT2D eigenvalue weighted by Crippen LogP contribution is -2.17. The molecule has 1 aromatic carbocycles. The molecule has 0 amide bonds. The Hall–Kier alpha value is -0.680. The van der Waals surface area contributed by atoms with Gasteiger partial charge in [-0.1, -0.05) is 23.7 Å². The van der Waals surface area contributed by atoms with Gasteiger partial charge in [0.25, 0.3) is 0 Å². The predicted molar refractivity (Wildman–Crippen MR) is 80.0 cm³/mol. The molecule has 0 aliphatic carbocycles. The van der Waals surface area contributed by atoms with E-state index >= 15 is 0 Å². The Balaban J connectivity index is 2.20. The van der Waals surface area contributed by atoms with Crippen molar-refractivity contribution in [3.05, 3.63) is 45.6 Å². The zero-order valence-electron chi connectivity index (χ0n) is 9.93. The first kappa shape index (κ1) is 13.7. The Labute approximate surface area is 120 Å². The quantitative estimate of drug-likeness (QED) is 0.840. The van der Waals surface area contributed by atoms with Crippen molar-refractivity contribution in [1.29, 1.82) is 0 Å². The van der Waals surface area contributed by atoms with E-state index in [-0.39, 0.29) is 6.10 Å². The van der Waals surface area contributed by atoms with Gasteiger partial charge in [-0.05, 0) is 30.5 Å². The fourth-order valence-corrected chi connectivity index (χ4v) is 3.23. The summed E-state index contributed by atoms with van der Waals surface area (Å²) in [4.78, 5) is 2.16. The molecule has 0 saturated carbocycles. The van der Waals surface area contributed by atoms with Gasteiger partial charge in [-0.15, -0.1) is 23.1 Å². The highest BCUT2D eigenvalue weighted by molar-refractivity contribution is 7.98. The largest absolute Gasteiger partial charge is 0.482 e. The summed E-state index contributed by atoms with van der Waals surface area (Å²) >= 11 is 9.11. The average molecular weight is 300 g/mol. The predicted octanol–water partition coefficient (Wildman–Crippen LogP) is 4.20. The van der Waals surface area contributed by atoms with E-state index in [1.165, 1.54) is 11.3 Å². The van der Waals surface area contributed by atoms with Crippen molar-refractivity contribution < 1.29 is 4.74 Å². The molecule has 2 nitrogen and oxygen atoms in total. The monoisotopic (exact) mass is 299 g/mol. The van der Waals surface area contributed by atoms with E-state index in [0.29, 0.717) is 6.54 Å². The van der Waals surface area contributed by atoms with Gasteiger partial charge in [-0.2, -0.15) is 0 Å². The van der Waals surface area contributed by atoms with Crippen LogP contribution in [0.4, 0.5) is 0 Å². The fourth-order valence-electron chi connectivity index (χ4n) is 1.59. The minimum absolute atomic E-state index is 0.143. The number of hydrogen-bond acceptors (Lipinski definition) is 4. The molecule has 1 aromatic heterocycles. The molecule has 2 N–H and O–H groups in total. The van der Waals surface area contributed by atoms with Gasteiger partial charge < -0.3 is 10.5 Å². The summed E-state index contributed by atoms with van der Waals surface area (Å²) in [5.74, 6) is 0.866. The molecule has 1 atom stereocenters. The molecule has 1 unspecified atom stereocenters. The topological polar surface area (TPSA) is 35.2 Å². The van der Waals surface area contributed by atoms with Crippen LogP contribution in [0.15, 0.2) is 41.3 Å². The maximum Gasteiger partial charge on any atom is 0.145 e. The van der Waals surface area contributed by atoms with Gasteiger partial charge in [-0.25, -0.2) is 0 Å². The third-order valence-corrected chi connectivity index (χ3v) is 4.56. The molecule has 1 heterocycles. The van der Waals surface area contributed by atoms with Crippen LogP contribution in [-0.2, 0) is 0 Å².